The van der Waals surface area contributed by atoms with E-state index in [-0.39, 0.29) is 5.38 Å². The lowest BCUT2D eigenvalue weighted by Gasteiger charge is -2.15. The van der Waals surface area contributed by atoms with Crippen LogP contribution in [0.4, 0.5) is 5.82 Å². The van der Waals surface area contributed by atoms with Crippen molar-refractivity contribution in [2.45, 2.75) is 31.7 Å². The molecule has 4 nitrogen and oxygen atoms in total. The maximum atomic E-state index is 5.87. The lowest BCUT2D eigenvalue weighted by Crippen LogP contribution is -2.20. The molecular formula is C8H15ClN4. The van der Waals surface area contributed by atoms with Gasteiger partial charge in [-0.05, 0) is 20.3 Å². The lowest BCUT2D eigenvalue weighted by atomic mass is 10.2. The van der Waals surface area contributed by atoms with Crippen molar-refractivity contribution in [3.8, 4) is 0 Å². The van der Waals surface area contributed by atoms with Crippen LogP contribution in [0.15, 0.2) is 6.20 Å². The number of halogens is 1. The van der Waals surface area contributed by atoms with Crippen LogP contribution in [-0.4, -0.2) is 26.4 Å². The second-order valence-corrected chi connectivity index (χ2v) is 4.05. The summed E-state index contributed by atoms with van der Waals surface area (Å²) < 4.78 is 1.70. The van der Waals surface area contributed by atoms with Crippen molar-refractivity contribution >= 4 is 17.4 Å². The van der Waals surface area contributed by atoms with Gasteiger partial charge >= 0.3 is 0 Å². The van der Waals surface area contributed by atoms with Gasteiger partial charge in [-0.15, -0.1) is 16.7 Å². The molecule has 0 spiro atoms. The third kappa shape index (κ3) is 3.22. The van der Waals surface area contributed by atoms with Crippen LogP contribution >= 0.6 is 11.6 Å². The van der Waals surface area contributed by atoms with Crippen molar-refractivity contribution in [2.24, 2.45) is 7.05 Å². The summed E-state index contributed by atoms with van der Waals surface area (Å²) in [5.74, 6) is 0.921. The van der Waals surface area contributed by atoms with E-state index in [4.69, 9.17) is 11.6 Å². The van der Waals surface area contributed by atoms with Crippen molar-refractivity contribution in [1.82, 2.24) is 15.0 Å². The molecule has 74 valence electrons. The van der Waals surface area contributed by atoms with Crippen molar-refractivity contribution in [3.63, 3.8) is 0 Å². The summed E-state index contributed by atoms with van der Waals surface area (Å²) in [6, 6.07) is 0.338. The molecule has 0 aliphatic rings. The van der Waals surface area contributed by atoms with Gasteiger partial charge in [-0.3, -0.25) is 0 Å². The van der Waals surface area contributed by atoms with Crippen LogP contribution in [0.25, 0.3) is 0 Å². The van der Waals surface area contributed by atoms with E-state index in [0.29, 0.717) is 6.04 Å². The lowest BCUT2D eigenvalue weighted by molar-refractivity contribution is 0.668. The summed E-state index contributed by atoms with van der Waals surface area (Å²) in [6.07, 6.45) is 2.63. The van der Waals surface area contributed by atoms with Crippen LogP contribution < -0.4 is 5.32 Å². The maximum Gasteiger partial charge on any atom is 0.144 e. The zero-order valence-corrected chi connectivity index (χ0v) is 8.91. The van der Waals surface area contributed by atoms with E-state index in [1.807, 2.05) is 14.0 Å². The maximum absolute atomic E-state index is 5.87. The number of hydrogen-bond donors (Lipinski definition) is 1. The van der Waals surface area contributed by atoms with E-state index < -0.39 is 0 Å². The van der Waals surface area contributed by atoms with Gasteiger partial charge in [0.15, 0.2) is 0 Å². The van der Waals surface area contributed by atoms with Crippen LogP contribution in [0, 0.1) is 0 Å². The van der Waals surface area contributed by atoms with Gasteiger partial charge in [-0.25, -0.2) is 4.68 Å². The fourth-order valence-corrected chi connectivity index (χ4v) is 1.49. The Morgan fingerprint density at radius 1 is 1.62 bits per heavy atom. The number of rotatable bonds is 4. The molecule has 0 saturated carbocycles. The van der Waals surface area contributed by atoms with Crippen LogP contribution in [0.2, 0.25) is 0 Å². The number of nitrogens with zero attached hydrogens (tertiary/aromatic N) is 3. The van der Waals surface area contributed by atoms with E-state index in [1.165, 1.54) is 0 Å². The number of alkyl halides is 1. The first-order valence-electron chi connectivity index (χ1n) is 4.35. The number of aromatic nitrogens is 3. The molecule has 13 heavy (non-hydrogen) atoms. The predicted molar refractivity (Wildman–Crippen MR) is 54.0 cm³/mol. The Morgan fingerprint density at radius 2 is 2.31 bits per heavy atom. The van der Waals surface area contributed by atoms with Gasteiger partial charge in [0.2, 0.25) is 0 Å². The van der Waals surface area contributed by atoms with Crippen LogP contribution in [-0.2, 0) is 7.05 Å². The number of anilines is 1. The Balaban J connectivity index is 2.45. The Hall–Kier alpha value is -0.770. The Kier molecular flexibility index (Phi) is 3.54. The Labute approximate surface area is 83.3 Å². The third-order valence-corrected chi connectivity index (χ3v) is 1.97. The first-order chi connectivity index (χ1) is 6.09. The topological polar surface area (TPSA) is 42.7 Å². The number of nitrogens with one attached hydrogen (secondary N) is 1. The molecule has 1 rings (SSSR count). The summed E-state index contributed by atoms with van der Waals surface area (Å²) >= 11 is 5.87. The summed E-state index contributed by atoms with van der Waals surface area (Å²) in [7, 11) is 1.85. The molecule has 0 saturated heterocycles. The predicted octanol–water partition coefficient (Wildman–Crippen LogP) is 1.63. The van der Waals surface area contributed by atoms with Gasteiger partial charge in [-0.2, -0.15) is 0 Å². The summed E-state index contributed by atoms with van der Waals surface area (Å²) in [4.78, 5) is 0. The zero-order chi connectivity index (χ0) is 9.84. The van der Waals surface area contributed by atoms with E-state index in [1.54, 1.807) is 10.9 Å². The minimum atomic E-state index is 0.184. The molecule has 0 aliphatic heterocycles. The van der Waals surface area contributed by atoms with Crippen molar-refractivity contribution in [2.75, 3.05) is 5.32 Å². The zero-order valence-electron chi connectivity index (χ0n) is 8.16. The minimum Gasteiger partial charge on any atom is -0.366 e. The van der Waals surface area contributed by atoms with Gasteiger partial charge < -0.3 is 5.32 Å². The normalized spacial score (nSPS) is 15.4. The van der Waals surface area contributed by atoms with Gasteiger partial charge in [0.1, 0.15) is 5.82 Å². The molecule has 0 bridgehead atoms. The minimum absolute atomic E-state index is 0.184. The van der Waals surface area contributed by atoms with Gasteiger partial charge in [0, 0.05) is 18.5 Å². The Morgan fingerprint density at radius 3 is 2.77 bits per heavy atom. The van der Waals surface area contributed by atoms with Crippen LogP contribution in [0.5, 0.6) is 0 Å². The highest BCUT2D eigenvalue weighted by Gasteiger charge is 2.07. The average Bonchev–Trinajstić information content (AvgIpc) is 2.34. The molecule has 0 fully saturated rings. The molecule has 0 radical (unpaired) electrons. The van der Waals surface area contributed by atoms with Crippen molar-refractivity contribution in [3.05, 3.63) is 6.20 Å². The molecule has 2 atom stereocenters. The highest BCUT2D eigenvalue weighted by Crippen LogP contribution is 2.10. The summed E-state index contributed by atoms with van der Waals surface area (Å²) in [5.41, 5.74) is 0. The summed E-state index contributed by atoms with van der Waals surface area (Å²) in [5, 5.41) is 11.1. The number of hydrogen-bond acceptors (Lipinski definition) is 3. The summed E-state index contributed by atoms with van der Waals surface area (Å²) in [6.45, 7) is 4.08. The molecule has 1 aromatic heterocycles. The fourth-order valence-electron chi connectivity index (χ4n) is 1.22. The number of aryl methyl sites for hydroxylation is 1. The van der Waals surface area contributed by atoms with E-state index in [9.17, 15) is 0 Å². The first-order valence-corrected chi connectivity index (χ1v) is 4.78. The first kappa shape index (κ1) is 10.3. The monoisotopic (exact) mass is 202 g/mol. The van der Waals surface area contributed by atoms with Gasteiger partial charge in [0.25, 0.3) is 0 Å². The molecule has 1 aromatic rings. The molecule has 5 heteroatoms. The van der Waals surface area contributed by atoms with Gasteiger partial charge in [-0.1, -0.05) is 5.21 Å². The second kappa shape index (κ2) is 4.46. The quantitative estimate of drug-likeness (QED) is 0.755. The molecule has 2 unspecified atom stereocenters. The Bertz CT molecular complexity index is 258. The van der Waals surface area contributed by atoms with E-state index >= 15 is 0 Å². The van der Waals surface area contributed by atoms with E-state index in [0.717, 1.165) is 12.2 Å². The highest BCUT2D eigenvalue weighted by atomic mass is 35.5. The van der Waals surface area contributed by atoms with Crippen LogP contribution in [0.3, 0.4) is 0 Å². The molecule has 0 aliphatic carbocycles. The molecule has 1 heterocycles. The fraction of sp³-hybridized carbons (Fsp3) is 0.750. The smallest absolute Gasteiger partial charge is 0.144 e. The second-order valence-electron chi connectivity index (χ2n) is 3.30. The highest BCUT2D eigenvalue weighted by molar-refractivity contribution is 6.20. The van der Waals surface area contributed by atoms with Gasteiger partial charge in [0.05, 0.1) is 6.20 Å². The average molecular weight is 203 g/mol. The van der Waals surface area contributed by atoms with E-state index in [2.05, 4.69) is 22.6 Å². The molecule has 0 aromatic carbocycles. The largest absolute Gasteiger partial charge is 0.366 e. The molecule has 1 N–H and O–H groups in total. The van der Waals surface area contributed by atoms with Crippen molar-refractivity contribution in [1.29, 1.82) is 0 Å². The standard InChI is InChI=1S/C8H15ClN4/c1-6(9)4-7(2)11-8-5-10-12-13(8)3/h5-7,11H,4H2,1-3H3. The molecular weight excluding hydrogens is 188 g/mol. The molecule has 0 amide bonds. The SMILES string of the molecule is CC(Cl)CC(C)Nc1cnnn1C. The van der Waals surface area contributed by atoms with Crippen LogP contribution in [0.1, 0.15) is 20.3 Å². The van der Waals surface area contributed by atoms with Crippen molar-refractivity contribution < 1.29 is 0 Å². The third-order valence-electron chi connectivity index (χ3n) is 1.79.